The normalized spacial score (nSPS) is 38.6. The Labute approximate surface area is 212 Å². The van der Waals surface area contributed by atoms with E-state index in [2.05, 4.69) is 6.58 Å². The molecule has 1 saturated heterocycles. The highest BCUT2D eigenvalue weighted by molar-refractivity contribution is 4.92. The van der Waals surface area contributed by atoms with Gasteiger partial charge in [0.25, 0.3) is 6.08 Å². The molecule has 200 valence electrons. The molecule has 0 radical (unpaired) electrons. The van der Waals surface area contributed by atoms with Crippen LogP contribution in [0.1, 0.15) is 96.3 Å². The van der Waals surface area contributed by atoms with Crippen LogP contribution in [0.25, 0.3) is 0 Å². The summed E-state index contributed by atoms with van der Waals surface area (Å²) in [5.74, 6) is 4.53. The van der Waals surface area contributed by atoms with Gasteiger partial charge in [0.05, 0.1) is 13.2 Å². The minimum Gasteiger partial charge on any atom is -0.373 e. The largest absolute Gasteiger partial charge is 0.373 e. The molecule has 35 heavy (non-hydrogen) atoms. The van der Waals surface area contributed by atoms with Gasteiger partial charge in [-0.3, -0.25) is 0 Å². The summed E-state index contributed by atoms with van der Waals surface area (Å²) < 4.78 is 42.4. The van der Waals surface area contributed by atoms with E-state index in [1.54, 1.807) is 0 Å². The Morgan fingerprint density at radius 3 is 1.80 bits per heavy atom. The molecule has 0 aromatic heterocycles. The second-order valence-corrected chi connectivity index (χ2v) is 11.8. The zero-order chi connectivity index (χ0) is 24.5. The maximum absolute atomic E-state index is 12.5. The average molecular weight is 495 g/mol. The van der Waals surface area contributed by atoms with Gasteiger partial charge in [0, 0.05) is 13.0 Å². The van der Waals surface area contributed by atoms with Crippen molar-refractivity contribution in [2.75, 3.05) is 19.8 Å². The van der Waals surface area contributed by atoms with Crippen LogP contribution in [0.4, 0.5) is 8.78 Å². The van der Waals surface area contributed by atoms with Crippen LogP contribution in [-0.4, -0.2) is 32.2 Å². The summed E-state index contributed by atoms with van der Waals surface area (Å²) >= 11 is 0. The lowest BCUT2D eigenvalue weighted by atomic mass is 9.65. The molecule has 3 aliphatic carbocycles. The summed E-state index contributed by atoms with van der Waals surface area (Å²) in [5, 5.41) is 0. The minimum atomic E-state index is -1.49. The molecule has 4 fully saturated rings. The summed E-state index contributed by atoms with van der Waals surface area (Å²) in [6, 6.07) is 0. The predicted molar refractivity (Wildman–Crippen MR) is 136 cm³/mol. The Morgan fingerprint density at radius 1 is 0.771 bits per heavy atom. The van der Waals surface area contributed by atoms with Crippen molar-refractivity contribution in [3.8, 4) is 0 Å². The molecule has 4 aliphatic rings. The molecule has 3 nitrogen and oxygen atoms in total. The zero-order valence-corrected chi connectivity index (χ0v) is 21.7. The van der Waals surface area contributed by atoms with E-state index in [4.69, 9.17) is 14.2 Å². The molecule has 3 saturated carbocycles. The molecule has 0 atom stereocenters. The SMILES string of the molecule is C=CCC1OCC(OCCCC2CCC(C3CCC(C4CCC(C=C(F)F)CC4)CC3)CC2)CO1. The fraction of sp³-hybridized carbons (Fsp3) is 0.867. The van der Waals surface area contributed by atoms with Gasteiger partial charge in [-0.15, -0.1) is 6.58 Å². The predicted octanol–water partition coefficient (Wildman–Crippen LogP) is 8.30. The van der Waals surface area contributed by atoms with Crippen molar-refractivity contribution in [3.63, 3.8) is 0 Å². The molecule has 5 heteroatoms. The van der Waals surface area contributed by atoms with E-state index < -0.39 is 6.08 Å². The van der Waals surface area contributed by atoms with E-state index in [0.717, 1.165) is 74.7 Å². The van der Waals surface area contributed by atoms with Gasteiger partial charge in [0.2, 0.25) is 0 Å². The van der Waals surface area contributed by atoms with Crippen LogP contribution < -0.4 is 0 Å². The molecular formula is C30H48F2O3. The monoisotopic (exact) mass is 494 g/mol. The fourth-order valence-electron chi connectivity index (χ4n) is 7.51. The molecule has 4 rings (SSSR count). The van der Waals surface area contributed by atoms with Crippen LogP contribution in [0, 0.1) is 35.5 Å². The first kappa shape index (κ1) is 27.3. The molecule has 0 aromatic carbocycles. The standard InChI is InChI=1S/C30H48F2O3/c1-2-4-30-34-20-28(21-35-30)33-18-3-5-22-6-10-24(11-7-22)26-14-16-27(17-15-26)25-12-8-23(9-13-25)19-29(31)32/h2,19,22-28,30H,1,3-18,20-21H2. The number of hydrogen-bond donors (Lipinski definition) is 0. The molecule has 0 spiro atoms. The highest BCUT2D eigenvalue weighted by Gasteiger charge is 2.34. The van der Waals surface area contributed by atoms with Crippen molar-refractivity contribution in [3.05, 3.63) is 24.8 Å². The van der Waals surface area contributed by atoms with Gasteiger partial charge < -0.3 is 14.2 Å². The lowest BCUT2D eigenvalue weighted by molar-refractivity contribution is -0.224. The molecule has 0 unspecified atom stereocenters. The van der Waals surface area contributed by atoms with Crippen molar-refractivity contribution >= 4 is 0 Å². The number of allylic oxidation sites excluding steroid dienone is 1. The maximum Gasteiger partial charge on any atom is 0.266 e. The average Bonchev–Trinajstić information content (AvgIpc) is 2.88. The lowest BCUT2D eigenvalue weighted by Crippen LogP contribution is -2.37. The molecule has 0 bridgehead atoms. The van der Waals surface area contributed by atoms with Gasteiger partial charge in [-0.2, -0.15) is 8.78 Å². The quantitative estimate of drug-likeness (QED) is 0.226. The Kier molecular flexibility index (Phi) is 11.1. The number of ether oxygens (including phenoxy) is 3. The Bertz CT molecular complexity index is 632. The fourth-order valence-corrected chi connectivity index (χ4v) is 7.51. The number of hydrogen-bond acceptors (Lipinski definition) is 3. The highest BCUT2D eigenvalue weighted by atomic mass is 19.3. The molecular weight excluding hydrogens is 446 g/mol. The van der Waals surface area contributed by atoms with E-state index >= 15 is 0 Å². The second-order valence-electron chi connectivity index (χ2n) is 11.8. The Morgan fingerprint density at radius 2 is 1.29 bits per heavy atom. The van der Waals surface area contributed by atoms with Crippen LogP contribution in [0.3, 0.4) is 0 Å². The topological polar surface area (TPSA) is 27.7 Å². The second kappa shape index (κ2) is 14.2. The van der Waals surface area contributed by atoms with Gasteiger partial charge in [0.15, 0.2) is 6.29 Å². The Balaban J connectivity index is 1.04. The van der Waals surface area contributed by atoms with Crippen molar-refractivity contribution in [2.45, 2.75) is 109 Å². The smallest absolute Gasteiger partial charge is 0.266 e. The van der Waals surface area contributed by atoms with Crippen LogP contribution in [-0.2, 0) is 14.2 Å². The van der Waals surface area contributed by atoms with Crippen molar-refractivity contribution in [1.29, 1.82) is 0 Å². The third-order valence-electron chi connectivity index (χ3n) is 9.62. The third kappa shape index (κ3) is 8.64. The summed E-state index contributed by atoms with van der Waals surface area (Å²) in [6.07, 6.45) is 20.1. The van der Waals surface area contributed by atoms with Gasteiger partial charge in [-0.25, -0.2) is 0 Å². The van der Waals surface area contributed by atoms with Gasteiger partial charge in [-0.05, 0) is 119 Å². The summed E-state index contributed by atoms with van der Waals surface area (Å²) in [6.45, 7) is 5.80. The molecule has 0 amide bonds. The first-order valence-corrected chi connectivity index (χ1v) is 14.6. The molecule has 0 aromatic rings. The van der Waals surface area contributed by atoms with Crippen molar-refractivity contribution < 1.29 is 23.0 Å². The van der Waals surface area contributed by atoms with Crippen molar-refractivity contribution in [1.82, 2.24) is 0 Å². The van der Waals surface area contributed by atoms with E-state index in [-0.39, 0.29) is 18.3 Å². The van der Waals surface area contributed by atoms with Gasteiger partial charge in [0.1, 0.15) is 6.10 Å². The van der Waals surface area contributed by atoms with Crippen LogP contribution >= 0.6 is 0 Å². The minimum absolute atomic E-state index is 0.0759. The highest BCUT2D eigenvalue weighted by Crippen LogP contribution is 2.46. The van der Waals surface area contributed by atoms with Crippen LogP contribution in [0.5, 0.6) is 0 Å². The zero-order valence-electron chi connectivity index (χ0n) is 21.7. The first-order chi connectivity index (χ1) is 17.1. The lowest BCUT2D eigenvalue weighted by Gasteiger charge is -2.41. The van der Waals surface area contributed by atoms with E-state index in [1.165, 1.54) is 63.9 Å². The van der Waals surface area contributed by atoms with E-state index in [9.17, 15) is 8.78 Å². The number of rotatable bonds is 10. The third-order valence-corrected chi connectivity index (χ3v) is 9.62. The van der Waals surface area contributed by atoms with Crippen LogP contribution in [0.15, 0.2) is 24.8 Å². The number of halogens is 2. The summed E-state index contributed by atoms with van der Waals surface area (Å²) in [5.41, 5.74) is 0. The van der Waals surface area contributed by atoms with E-state index in [1.807, 2.05) is 6.08 Å². The molecule has 1 aliphatic heterocycles. The molecule has 1 heterocycles. The molecule has 0 N–H and O–H groups in total. The summed E-state index contributed by atoms with van der Waals surface area (Å²) in [4.78, 5) is 0. The first-order valence-electron chi connectivity index (χ1n) is 14.6. The summed E-state index contributed by atoms with van der Waals surface area (Å²) in [7, 11) is 0. The van der Waals surface area contributed by atoms with Gasteiger partial charge in [-0.1, -0.05) is 18.9 Å². The van der Waals surface area contributed by atoms with E-state index in [0.29, 0.717) is 13.2 Å². The Hall–Kier alpha value is -0.780. The van der Waals surface area contributed by atoms with Crippen molar-refractivity contribution in [2.24, 2.45) is 35.5 Å². The maximum atomic E-state index is 12.5. The van der Waals surface area contributed by atoms with Gasteiger partial charge >= 0.3 is 0 Å². The van der Waals surface area contributed by atoms with Crippen LogP contribution in [0.2, 0.25) is 0 Å².